The number of nitrogens with two attached hydrogens (primary N) is 1. The molecule has 0 bridgehead atoms. The van der Waals surface area contributed by atoms with E-state index in [4.69, 9.17) is 5.73 Å². The molecule has 2 unspecified atom stereocenters. The van der Waals surface area contributed by atoms with Crippen LogP contribution in [0.4, 0.5) is 5.69 Å². The van der Waals surface area contributed by atoms with Crippen molar-refractivity contribution in [3.8, 4) is 0 Å². The first-order valence-electron chi connectivity index (χ1n) is 7.25. The van der Waals surface area contributed by atoms with Gasteiger partial charge < -0.3 is 5.73 Å². The molecule has 130 valence electrons. The first kappa shape index (κ1) is 19.8. The molecule has 1 aromatic rings. The minimum absolute atomic E-state index is 0. The molecule has 7 nitrogen and oxygen atoms in total. The molecule has 2 N–H and O–H groups in total. The van der Waals surface area contributed by atoms with Crippen LogP contribution in [0.3, 0.4) is 0 Å². The number of piperidine rings is 1. The summed E-state index contributed by atoms with van der Waals surface area (Å²) in [6.45, 7) is 4.13. The first-order valence-corrected chi connectivity index (χ1v) is 8.69. The van der Waals surface area contributed by atoms with Crippen molar-refractivity contribution >= 4 is 28.1 Å². The lowest BCUT2D eigenvalue weighted by atomic mass is 9.93. The number of nitrogens with zero attached hydrogens (tertiary/aromatic N) is 2. The lowest BCUT2D eigenvalue weighted by Gasteiger charge is -2.34. The molecule has 0 aromatic heterocycles. The maximum atomic E-state index is 12.8. The fraction of sp³-hybridized carbons (Fsp3) is 0.571. The quantitative estimate of drug-likeness (QED) is 0.651. The van der Waals surface area contributed by atoms with Gasteiger partial charge in [0.2, 0.25) is 10.0 Å². The average molecular weight is 364 g/mol. The topological polar surface area (TPSA) is 107 Å². The van der Waals surface area contributed by atoms with Crippen LogP contribution in [-0.4, -0.2) is 36.8 Å². The highest BCUT2D eigenvalue weighted by Gasteiger charge is 2.33. The van der Waals surface area contributed by atoms with Crippen LogP contribution in [0.5, 0.6) is 0 Å². The predicted molar refractivity (Wildman–Crippen MR) is 90.2 cm³/mol. The SMILES string of the molecule is Cc1c([N+](=O)[O-])cccc1S(=O)(=O)N1CCCC(C(C)N)C1.Cl. The Labute approximate surface area is 142 Å². The number of halogens is 1. The zero-order valence-electron chi connectivity index (χ0n) is 13.1. The van der Waals surface area contributed by atoms with E-state index in [2.05, 4.69) is 0 Å². The van der Waals surface area contributed by atoms with Crippen LogP contribution in [-0.2, 0) is 10.0 Å². The van der Waals surface area contributed by atoms with Gasteiger partial charge in [-0.2, -0.15) is 4.31 Å². The van der Waals surface area contributed by atoms with E-state index < -0.39 is 14.9 Å². The Hall–Kier alpha value is -1.22. The Morgan fingerprint density at radius 2 is 2.09 bits per heavy atom. The van der Waals surface area contributed by atoms with Crippen molar-refractivity contribution in [3.05, 3.63) is 33.9 Å². The summed E-state index contributed by atoms with van der Waals surface area (Å²) >= 11 is 0. The lowest BCUT2D eigenvalue weighted by Crippen LogP contribution is -2.45. The van der Waals surface area contributed by atoms with Crippen molar-refractivity contribution < 1.29 is 13.3 Å². The molecule has 23 heavy (non-hydrogen) atoms. The highest BCUT2D eigenvalue weighted by atomic mass is 35.5. The molecule has 0 amide bonds. The van der Waals surface area contributed by atoms with Gasteiger partial charge in [-0.05, 0) is 38.7 Å². The smallest absolute Gasteiger partial charge is 0.273 e. The van der Waals surface area contributed by atoms with Crippen molar-refractivity contribution in [1.29, 1.82) is 0 Å². The van der Waals surface area contributed by atoms with Crippen molar-refractivity contribution in [2.45, 2.75) is 37.6 Å². The molecule has 0 radical (unpaired) electrons. The third-order valence-electron chi connectivity index (χ3n) is 4.23. The Morgan fingerprint density at radius 1 is 1.43 bits per heavy atom. The van der Waals surface area contributed by atoms with E-state index in [9.17, 15) is 18.5 Å². The number of sulfonamides is 1. The third-order valence-corrected chi connectivity index (χ3v) is 6.24. The molecule has 0 saturated carbocycles. The Bertz CT molecular complexity index is 679. The van der Waals surface area contributed by atoms with Crippen molar-refractivity contribution in [1.82, 2.24) is 4.31 Å². The second-order valence-corrected chi connectivity index (χ2v) is 7.69. The summed E-state index contributed by atoms with van der Waals surface area (Å²) in [5.41, 5.74) is 5.89. The lowest BCUT2D eigenvalue weighted by molar-refractivity contribution is -0.385. The zero-order chi connectivity index (χ0) is 16.5. The van der Waals surface area contributed by atoms with E-state index in [-0.39, 0.29) is 40.5 Å². The fourth-order valence-corrected chi connectivity index (χ4v) is 4.62. The number of nitro groups is 1. The van der Waals surface area contributed by atoms with Gasteiger partial charge in [-0.3, -0.25) is 10.1 Å². The molecule has 1 fully saturated rings. The zero-order valence-corrected chi connectivity index (χ0v) is 14.8. The number of benzene rings is 1. The van der Waals surface area contributed by atoms with Gasteiger partial charge in [-0.15, -0.1) is 12.4 Å². The summed E-state index contributed by atoms with van der Waals surface area (Å²) in [7, 11) is -3.74. The van der Waals surface area contributed by atoms with Crippen LogP contribution in [0.15, 0.2) is 23.1 Å². The summed E-state index contributed by atoms with van der Waals surface area (Å²) in [6.07, 6.45) is 1.65. The molecular weight excluding hydrogens is 342 g/mol. The van der Waals surface area contributed by atoms with Crippen LogP contribution in [0, 0.1) is 23.0 Å². The third kappa shape index (κ3) is 4.00. The van der Waals surface area contributed by atoms with Crippen LogP contribution < -0.4 is 5.73 Å². The minimum atomic E-state index is -3.74. The average Bonchev–Trinajstić information content (AvgIpc) is 2.47. The largest absolute Gasteiger partial charge is 0.328 e. The number of hydrogen-bond donors (Lipinski definition) is 1. The molecule has 0 aliphatic carbocycles. The molecule has 2 rings (SSSR count). The maximum Gasteiger partial charge on any atom is 0.273 e. The van der Waals surface area contributed by atoms with Crippen LogP contribution in [0.2, 0.25) is 0 Å². The van der Waals surface area contributed by atoms with E-state index >= 15 is 0 Å². The van der Waals surface area contributed by atoms with E-state index in [1.54, 1.807) is 0 Å². The first-order chi connectivity index (χ1) is 10.2. The van der Waals surface area contributed by atoms with Gasteiger partial charge >= 0.3 is 0 Å². The number of hydrogen-bond acceptors (Lipinski definition) is 5. The Kier molecular flexibility index (Phi) is 6.52. The highest BCUT2D eigenvalue weighted by molar-refractivity contribution is 7.89. The highest BCUT2D eigenvalue weighted by Crippen LogP contribution is 2.30. The second kappa shape index (κ2) is 7.57. The maximum absolute atomic E-state index is 12.8. The van der Waals surface area contributed by atoms with Gasteiger partial charge in [0.25, 0.3) is 5.69 Å². The Morgan fingerprint density at radius 3 is 2.65 bits per heavy atom. The molecule has 9 heteroatoms. The van der Waals surface area contributed by atoms with Crippen molar-refractivity contribution in [2.24, 2.45) is 11.7 Å². The van der Waals surface area contributed by atoms with E-state index in [1.807, 2.05) is 6.92 Å². The Balaban J connectivity index is 0.00000264. The van der Waals surface area contributed by atoms with Gasteiger partial charge in [-0.25, -0.2) is 8.42 Å². The van der Waals surface area contributed by atoms with Gasteiger partial charge in [-0.1, -0.05) is 6.07 Å². The molecule has 1 aliphatic heterocycles. The van der Waals surface area contributed by atoms with Gasteiger partial charge in [0.1, 0.15) is 0 Å². The van der Waals surface area contributed by atoms with Crippen LogP contribution in [0.1, 0.15) is 25.3 Å². The van der Waals surface area contributed by atoms with Crippen LogP contribution in [0.25, 0.3) is 0 Å². The number of nitro benzene ring substituents is 1. The van der Waals surface area contributed by atoms with Crippen molar-refractivity contribution in [2.75, 3.05) is 13.1 Å². The number of rotatable bonds is 4. The summed E-state index contributed by atoms with van der Waals surface area (Å²) in [5, 5.41) is 11.0. The van der Waals surface area contributed by atoms with E-state index in [1.165, 1.54) is 29.4 Å². The second-order valence-electron chi connectivity index (χ2n) is 5.78. The molecule has 1 aliphatic rings. The minimum Gasteiger partial charge on any atom is -0.328 e. The van der Waals surface area contributed by atoms with E-state index in [0.29, 0.717) is 13.1 Å². The molecule has 0 spiro atoms. The van der Waals surface area contributed by atoms with Crippen molar-refractivity contribution in [3.63, 3.8) is 0 Å². The fourth-order valence-electron chi connectivity index (χ4n) is 2.84. The normalized spacial score (nSPS) is 20.6. The predicted octanol–water partition coefficient (Wildman–Crippen LogP) is 2.07. The molecule has 2 atom stereocenters. The standard InChI is InChI=1S/C14H21N3O4S.ClH/c1-10-13(17(18)19)6-3-7-14(10)22(20,21)16-8-4-5-12(9-16)11(2)15;/h3,6-7,11-12H,4-5,8-9,15H2,1-2H3;1H. The van der Waals surface area contributed by atoms with Gasteiger partial charge in [0.05, 0.1) is 9.82 Å². The van der Waals surface area contributed by atoms with Crippen LogP contribution >= 0.6 is 12.4 Å². The summed E-state index contributed by atoms with van der Waals surface area (Å²) in [5.74, 6) is 0.113. The summed E-state index contributed by atoms with van der Waals surface area (Å²) in [6, 6.07) is 4.07. The molecular formula is C14H22ClN3O4S. The van der Waals surface area contributed by atoms with Gasteiger partial charge in [0.15, 0.2) is 0 Å². The monoisotopic (exact) mass is 363 g/mol. The molecule has 1 heterocycles. The molecule has 1 saturated heterocycles. The van der Waals surface area contributed by atoms with Gasteiger partial charge in [0, 0.05) is 30.8 Å². The molecule has 1 aromatic carbocycles. The summed E-state index contributed by atoms with van der Waals surface area (Å²) < 4.78 is 27.0. The van der Waals surface area contributed by atoms with E-state index in [0.717, 1.165) is 12.8 Å². The summed E-state index contributed by atoms with van der Waals surface area (Å²) in [4.78, 5) is 10.4.